The van der Waals surface area contributed by atoms with Gasteiger partial charge >= 0.3 is 5.97 Å². The Hall–Kier alpha value is -1.61. The monoisotopic (exact) mass is 209 g/mol. The third-order valence-corrected chi connectivity index (χ3v) is 1.80. The summed E-state index contributed by atoms with van der Waals surface area (Å²) in [5.74, 6) is -1.08. The predicted molar refractivity (Wildman–Crippen MR) is 56.2 cm³/mol. The van der Waals surface area contributed by atoms with E-state index in [0.29, 0.717) is 11.1 Å². The fourth-order valence-electron chi connectivity index (χ4n) is 1.07. The van der Waals surface area contributed by atoms with E-state index in [4.69, 9.17) is 16.7 Å². The van der Waals surface area contributed by atoms with Crippen molar-refractivity contribution in [1.82, 2.24) is 4.98 Å². The van der Waals surface area contributed by atoms with E-state index in [1.54, 1.807) is 12.1 Å². The van der Waals surface area contributed by atoms with Crippen LogP contribution in [0.25, 0.3) is 12.2 Å². The maximum Gasteiger partial charge on any atom is 0.355 e. The molecule has 0 radical (unpaired) electrons. The van der Waals surface area contributed by atoms with Gasteiger partial charge < -0.3 is 5.11 Å². The van der Waals surface area contributed by atoms with Gasteiger partial charge in [0.15, 0.2) is 5.69 Å². The summed E-state index contributed by atoms with van der Waals surface area (Å²) in [7, 11) is 0. The highest BCUT2D eigenvalue weighted by Crippen LogP contribution is 2.16. The number of aromatic nitrogens is 1. The lowest BCUT2D eigenvalue weighted by molar-refractivity contribution is 0.0690. The summed E-state index contributed by atoms with van der Waals surface area (Å²) in [4.78, 5) is 14.5. The summed E-state index contributed by atoms with van der Waals surface area (Å²) in [5.41, 5.74) is 2.37. The topological polar surface area (TPSA) is 50.2 Å². The Bertz CT molecular complexity index is 399. The molecule has 0 aliphatic rings. The molecular weight excluding hydrogens is 202 g/mol. The number of aromatic carboxylic acids is 1. The molecule has 0 atom stereocenters. The molecule has 0 amide bonds. The lowest BCUT2D eigenvalue weighted by Gasteiger charge is -2.03. The Morgan fingerprint density at radius 3 is 2.86 bits per heavy atom. The van der Waals surface area contributed by atoms with E-state index >= 15 is 0 Å². The Balaban J connectivity index is 3.42. The molecule has 4 heteroatoms. The van der Waals surface area contributed by atoms with E-state index in [1.165, 1.54) is 17.8 Å². The van der Waals surface area contributed by atoms with E-state index in [-0.39, 0.29) is 5.69 Å². The van der Waals surface area contributed by atoms with Crippen molar-refractivity contribution in [3.63, 3.8) is 0 Å². The minimum atomic E-state index is -1.08. The number of carboxylic acids is 1. The first-order valence-electron chi connectivity index (χ1n) is 3.82. The summed E-state index contributed by atoms with van der Waals surface area (Å²) in [5, 5.41) is 8.84. The second-order valence-corrected chi connectivity index (χ2v) is 2.72. The molecule has 1 aromatic heterocycles. The van der Waals surface area contributed by atoms with E-state index < -0.39 is 5.97 Å². The van der Waals surface area contributed by atoms with Gasteiger partial charge in [0.25, 0.3) is 0 Å². The average molecular weight is 210 g/mol. The first kappa shape index (κ1) is 10.5. The first-order valence-corrected chi connectivity index (χ1v) is 4.26. The largest absolute Gasteiger partial charge is 0.476 e. The molecule has 0 unspecified atom stereocenters. The van der Waals surface area contributed by atoms with Crippen LogP contribution in [0.4, 0.5) is 0 Å². The standard InChI is InChI=1S/C10H8ClNO2/c1-2-7-4-6-12-9(10(13)14)8(7)3-5-11/h2-6H,1H2,(H,13,14)/b5-3+. The molecule has 0 aromatic carbocycles. The van der Waals surface area contributed by atoms with Crippen molar-refractivity contribution in [2.75, 3.05) is 0 Å². The van der Waals surface area contributed by atoms with Crippen molar-refractivity contribution < 1.29 is 9.90 Å². The minimum absolute atomic E-state index is 0.0284. The zero-order valence-corrected chi connectivity index (χ0v) is 8.03. The highest BCUT2D eigenvalue weighted by atomic mass is 35.5. The molecule has 1 aromatic rings. The molecule has 0 saturated carbocycles. The number of halogens is 1. The third kappa shape index (κ3) is 2.00. The van der Waals surface area contributed by atoms with Crippen LogP contribution in [0.3, 0.4) is 0 Å². The van der Waals surface area contributed by atoms with Crippen LogP contribution in [-0.2, 0) is 0 Å². The van der Waals surface area contributed by atoms with Gasteiger partial charge in [-0.1, -0.05) is 24.3 Å². The number of nitrogens with zero attached hydrogens (tertiary/aromatic N) is 1. The maximum absolute atomic E-state index is 10.8. The smallest absolute Gasteiger partial charge is 0.355 e. The molecule has 1 rings (SSSR count). The van der Waals surface area contributed by atoms with Crippen LogP contribution in [0.5, 0.6) is 0 Å². The average Bonchev–Trinajstić information content (AvgIpc) is 2.18. The molecule has 0 saturated heterocycles. The molecule has 0 fully saturated rings. The summed E-state index contributed by atoms with van der Waals surface area (Å²) < 4.78 is 0. The summed E-state index contributed by atoms with van der Waals surface area (Å²) in [6.45, 7) is 3.58. The van der Waals surface area contributed by atoms with Crippen LogP contribution in [0.2, 0.25) is 0 Å². The van der Waals surface area contributed by atoms with Crippen LogP contribution >= 0.6 is 11.6 Å². The van der Waals surface area contributed by atoms with E-state index in [2.05, 4.69) is 11.6 Å². The Morgan fingerprint density at radius 1 is 1.64 bits per heavy atom. The van der Waals surface area contributed by atoms with Crippen LogP contribution in [-0.4, -0.2) is 16.1 Å². The summed E-state index contributed by atoms with van der Waals surface area (Å²) >= 11 is 5.41. The van der Waals surface area contributed by atoms with Crippen LogP contribution < -0.4 is 0 Å². The summed E-state index contributed by atoms with van der Waals surface area (Å²) in [6.07, 6.45) is 4.46. The Morgan fingerprint density at radius 2 is 2.36 bits per heavy atom. The fourth-order valence-corrected chi connectivity index (χ4v) is 1.20. The number of carbonyl (C=O) groups is 1. The van der Waals surface area contributed by atoms with Gasteiger partial charge in [-0.05, 0) is 17.7 Å². The molecule has 72 valence electrons. The van der Waals surface area contributed by atoms with Gasteiger partial charge in [0.1, 0.15) is 0 Å². The second-order valence-electron chi connectivity index (χ2n) is 2.46. The quantitative estimate of drug-likeness (QED) is 0.833. The van der Waals surface area contributed by atoms with Gasteiger partial charge in [-0.25, -0.2) is 9.78 Å². The molecule has 14 heavy (non-hydrogen) atoms. The maximum atomic E-state index is 10.8. The lowest BCUT2D eigenvalue weighted by atomic mass is 10.1. The molecule has 3 nitrogen and oxygen atoms in total. The molecule has 0 aliphatic carbocycles. The zero-order valence-electron chi connectivity index (χ0n) is 7.27. The van der Waals surface area contributed by atoms with E-state index in [9.17, 15) is 4.79 Å². The Labute approximate surface area is 86.4 Å². The molecule has 0 spiro atoms. The number of rotatable bonds is 3. The first-order chi connectivity index (χ1) is 6.70. The number of hydrogen-bond donors (Lipinski definition) is 1. The zero-order chi connectivity index (χ0) is 10.6. The van der Waals surface area contributed by atoms with Gasteiger partial charge in [0.2, 0.25) is 0 Å². The van der Waals surface area contributed by atoms with Crippen molar-refractivity contribution in [3.8, 4) is 0 Å². The SMILES string of the molecule is C=Cc1ccnc(C(=O)O)c1/C=C/Cl. The van der Waals surface area contributed by atoms with Gasteiger partial charge in [-0.2, -0.15) is 0 Å². The third-order valence-electron chi connectivity index (χ3n) is 1.68. The van der Waals surface area contributed by atoms with Crippen molar-refractivity contribution in [1.29, 1.82) is 0 Å². The van der Waals surface area contributed by atoms with Gasteiger partial charge in [-0.3, -0.25) is 0 Å². The fraction of sp³-hybridized carbons (Fsp3) is 0. The van der Waals surface area contributed by atoms with Gasteiger partial charge in [0.05, 0.1) is 0 Å². The molecule has 1 N–H and O–H groups in total. The summed E-state index contributed by atoms with van der Waals surface area (Å²) in [6, 6.07) is 1.67. The van der Waals surface area contributed by atoms with Gasteiger partial charge in [-0.15, -0.1) is 0 Å². The predicted octanol–water partition coefficient (Wildman–Crippen LogP) is 2.63. The normalized spacial score (nSPS) is 10.4. The van der Waals surface area contributed by atoms with Crippen molar-refractivity contribution in [2.24, 2.45) is 0 Å². The Kier molecular flexibility index (Phi) is 3.42. The second kappa shape index (κ2) is 4.58. The number of carboxylic acid groups (broad SMARTS) is 1. The lowest BCUT2D eigenvalue weighted by Crippen LogP contribution is -2.04. The molecule has 0 bridgehead atoms. The van der Waals surface area contributed by atoms with Crippen molar-refractivity contribution in [3.05, 3.63) is 41.2 Å². The van der Waals surface area contributed by atoms with Crippen molar-refractivity contribution in [2.45, 2.75) is 0 Å². The van der Waals surface area contributed by atoms with E-state index in [0.717, 1.165) is 0 Å². The van der Waals surface area contributed by atoms with Crippen molar-refractivity contribution >= 4 is 29.7 Å². The number of pyridine rings is 1. The van der Waals surface area contributed by atoms with E-state index in [1.807, 2.05) is 0 Å². The minimum Gasteiger partial charge on any atom is -0.476 e. The molecule has 1 heterocycles. The van der Waals surface area contributed by atoms with Gasteiger partial charge in [0, 0.05) is 17.3 Å². The van der Waals surface area contributed by atoms with Crippen LogP contribution in [0, 0.1) is 0 Å². The van der Waals surface area contributed by atoms with Crippen LogP contribution in [0.1, 0.15) is 21.6 Å². The molecule has 0 aliphatic heterocycles. The number of hydrogen-bond acceptors (Lipinski definition) is 2. The highest BCUT2D eigenvalue weighted by Gasteiger charge is 2.11. The highest BCUT2D eigenvalue weighted by molar-refractivity contribution is 6.27. The van der Waals surface area contributed by atoms with Crippen LogP contribution in [0.15, 0.2) is 24.4 Å². The molecular formula is C10H8ClNO2.